The first-order chi connectivity index (χ1) is 31.8. The van der Waals surface area contributed by atoms with Crippen molar-refractivity contribution < 1.29 is 57.2 Å². The average Bonchev–Trinajstić information content (AvgIpc) is 4.12. The second-order valence-corrected chi connectivity index (χ2v) is 41.1. The molecule has 16 bridgehead atoms. The molecule has 17 fully saturated rings. The van der Waals surface area contributed by atoms with Crippen molar-refractivity contribution in [3.05, 3.63) is 35.9 Å². The third-order valence-corrected chi connectivity index (χ3v) is 21.5. The van der Waals surface area contributed by atoms with Gasteiger partial charge in [-0.15, -0.1) is 24.0 Å². The smallest absolute Gasteiger partial charge is 0.139 e. The number of ketones is 3. The van der Waals surface area contributed by atoms with Crippen molar-refractivity contribution in [1.82, 2.24) is 0 Å². The zero-order valence-electron chi connectivity index (χ0n) is 39.9. The fourth-order valence-corrected chi connectivity index (χ4v) is 19.8. The van der Waals surface area contributed by atoms with E-state index in [0.29, 0.717) is 66.9 Å². The van der Waals surface area contributed by atoms with E-state index < -0.39 is 17.0 Å². The maximum absolute atomic E-state index is 12.2. The van der Waals surface area contributed by atoms with E-state index in [4.69, 9.17) is 9.47 Å². The number of rotatable bonds is 6. The minimum Gasteiger partial charge on any atom is -0.390 e. The quantitative estimate of drug-likeness (QED) is 0.237. The molecule has 15 heteroatoms. The molecule has 18 rings (SSSR count). The first-order valence-electron chi connectivity index (χ1n) is 25.3. The molecule has 16 aliphatic carbocycles. The molecule has 14 unspecified atom stereocenters. The van der Waals surface area contributed by atoms with Gasteiger partial charge in [0.05, 0.1) is 24.2 Å². The van der Waals surface area contributed by atoms with E-state index in [1.54, 1.807) is 6.92 Å². The van der Waals surface area contributed by atoms with Gasteiger partial charge in [-0.1, -0.05) is 60.0 Å². The molecular formula is C57H89I6O9-. The van der Waals surface area contributed by atoms with Crippen molar-refractivity contribution >= 4 is 122 Å². The van der Waals surface area contributed by atoms with Crippen molar-refractivity contribution in [2.45, 2.75) is 196 Å². The fraction of sp³-hybridized carbons (Fsp3) is 0.825. The average molecular weight is 1680 g/mol. The molecule has 414 valence electrons. The van der Waals surface area contributed by atoms with Crippen molar-refractivity contribution in [3.63, 3.8) is 0 Å². The second kappa shape index (κ2) is 25.0. The molecule has 0 spiro atoms. The molecule has 72 heavy (non-hydrogen) atoms. The van der Waals surface area contributed by atoms with E-state index in [-0.39, 0.29) is 98.7 Å². The van der Waals surface area contributed by atoms with Gasteiger partial charge in [-0.2, -0.15) is 0 Å². The van der Waals surface area contributed by atoms with Crippen molar-refractivity contribution in [1.29, 1.82) is 0 Å². The Hall–Kier alpha value is 1.92. The van der Waals surface area contributed by atoms with Gasteiger partial charge in [-0.25, -0.2) is 0 Å². The molecule has 16 saturated carbocycles. The summed E-state index contributed by atoms with van der Waals surface area (Å²) >= 11 is 9.54. The number of halogens is 6. The van der Waals surface area contributed by atoms with Crippen LogP contribution in [-0.2, 0) is 34.1 Å². The molecule has 0 radical (unpaired) electrons. The summed E-state index contributed by atoms with van der Waals surface area (Å²) in [6.07, 6.45) is 21.2. The number of aliphatic hydroxyl groups excluding tert-OH is 1. The maximum atomic E-state index is 12.2. The van der Waals surface area contributed by atoms with Gasteiger partial charge in [-0.05, 0) is 207 Å². The number of aliphatic carboxylic acids is 1. The first kappa shape index (κ1) is 66.4. The number of carbonyl (C=O) groups is 4. The van der Waals surface area contributed by atoms with E-state index in [9.17, 15) is 34.5 Å². The van der Waals surface area contributed by atoms with Crippen LogP contribution in [0.4, 0.5) is 0 Å². The summed E-state index contributed by atoms with van der Waals surface area (Å²) in [5.74, 6) is 5.09. The normalized spacial score (nSPS) is 44.5. The molecule has 0 aromatic heterocycles. The van der Waals surface area contributed by atoms with Crippen LogP contribution in [0.1, 0.15) is 184 Å². The van der Waals surface area contributed by atoms with Crippen molar-refractivity contribution in [3.8, 4) is 0 Å². The Balaban J connectivity index is 0.000000199. The summed E-state index contributed by atoms with van der Waals surface area (Å²) in [6.45, 7) is 7.47. The fourth-order valence-electron chi connectivity index (χ4n) is 19.8. The van der Waals surface area contributed by atoms with Crippen LogP contribution >= 0.6 is 98.4 Å². The topological polar surface area (TPSA) is 147 Å². The maximum Gasteiger partial charge on any atom is 0.139 e. The van der Waals surface area contributed by atoms with E-state index in [1.165, 1.54) is 56.9 Å². The Morgan fingerprint density at radius 2 is 1.17 bits per heavy atom. The SMILES string of the molecule is C.C.C.C.CC(=O)C12CC3CC1CC(C(=O)O)(C3)C2.CC(=O)C12CC3CC1CC(c1ccccc1)(C3)C2.CC1(C23CC4CC2CC(CO)(C4)C3)OCCO1.I.II.I[I-]I.O=C1C2CC3CC1CC(O)(C3)C2. The number of carboxylic acids is 1. The van der Waals surface area contributed by atoms with Gasteiger partial charge in [0.15, 0.2) is 5.79 Å². The molecular weight excluding hydrogens is 1590 g/mol. The van der Waals surface area contributed by atoms with Gasteiger partial charge in [-0.3, -0.25) is 19.2 Å². The standard InChI is InChI=1S/C17H20O.C14H22O3.C12H16O3.C10H14O2.4CH4.I3.I2.HI/c1-12(18)17-9-13-7-15(17)10-16(8-13,11-17)14-5-3-2-4-6-14;1-12(16-2-3-17-12)14-6-10-4-11(14)7-13(5-10,8-14)9-15;1-7(13)12-4-8-2-9(12)5-11(3-8,6-12)10(14)15;11-9-7-1-6-2-8(9)5-10(12,3-6)4-7;;;;;1-3-2;1-2;/h2-6,13,15H,7-11H2,1H3;10-11,15H,2-9H2,1H3;8-9H,2-6H2,1H3,(H,14,15);6-8,12H,1-5H2;4*1H4;;;1H/q;;;;;;;;-1;;. The number of carboxylic acid groups (broad SMARTS) is 1. The summed E-state index contributed by atoms with van der Waals surface area (Å²) in [5.41, 5.74) is 1.04. The molecule has 14 atom stereocenters. The van der Waals surface area contributed by atoms with Crippen LogP contribution in [-0.4, -0.2) is 69.8 Å². The Bertz CT molecular complexity index is 2050. The number of hydrogen-bond donors (Lipinski definition) is 3. The Labute approximate surface area is 504 Å². The van der Waals surface area contributed by atoms with Crippen molar-refractivity contribution in [2.24, 2.45) is 80.3 Å². The minimum atomic E-state index is -0.667. The van der Waals surface area contributed by atoms with Gasteiger partial charge < -0.3 is 24.8 Å². The van der Waals surface area contributed by atoms with E-state index in [0.717, 1.165) is 102 Å². The molecule has 3 N–H and O–H groups in total. The van der Waals surface area contributed by atoms with E-state index in [2.05, 4.69) is 112 Å². The van der Waals surface area contributed by atoms with Gasteiger partial charge in [0.25, 0.3) is 0 Å². The van der Waals surface area contributed by atoms with E-state index in [1.807, 2.05) is 6.92 Å². The van der Waals surface area contributed by atoms with Crippen LogP contribution in [0.25, 0.3) is 0 Å². The van der Waals surface area contributed by atoms with Crippen LogP contribution in [0, 0.1) is 80.3 Å². The molecule has 1 aliphatic heterocycles. The van der Waals surface area contributed by atoms with Crippen LogP contribution in [0.15, 0.2) is 30.3 Å². The molecule has 1 aromatic rings. The third kappa shape index (κ3) is 11.3. The van der Waals surface area contributed by atoms with Crippen LogP contribution in [0.5, 0.6) is 0 Å². The number of carbonyl (C=O) groups excluding carboxylic acids is 3. The Kier molecular flexibility index (Phi) is 23.0. The molecule has 17 aliphatic rings. The summed E-state index contributed by atoms with van der Waals surface area (Å²) in [4.78, 5) is 46.9. The summed E-state index contributed by atoms with van der Waals surface area (Å²) in [7, 11) is 0. The number of Topliss-reactive ketones (excluding diaryl/α,β-unsaturated/α-hetero) is 3. The molecule has 1 aromatic carbocycles. The van der Waals surface area contributed by atoms with E-state index >= 15 is 0 Å². The summed E-state index contributed by atoms with van der Waals surface area (Å²) in [6, 6.07) is 11.0. The van der Waals surface area contributed by atoms with Crippen molar-refractivity contribution in [2.75, 3.05) is 19.8 Å². The Morgan fingerprint density at radius 1 is 0.653 bits per heavy atom. The van der Waals surface area contributed by atoms with Gasteiger partial charge >= 0.3 is 56.5 Å². The molecule has 1 heterocycles. The summed E-state index contributed by atoms with van der Waals surface area (Å²) in [5, 5.41) is 29.2. The number of hydrogen-bond acceptors (Lipinski definition) is 8. The largest absolute Gasteiger partial charge is 0.390 e. The van der Waals surface area contributed by atoms with Gasteiger partial charge in [0, 0.05) is 71.9 Å². The summed E-state index contributed by atoms with van der Waals surface area (Å²) < 4.78 is 12.0. The van der Waals surface area contributed by atoms with Crippen LogP contribution < -0.4 is 13.3 Å². The number of aliphatic hydroxyl groups is 2. The van der Waals surface area contributed by atoms with Gasteiger partial charge in [0.1, 0.15) is 17.3 Å². The van der Waals surface area contributed by atoms with Crippen LogP contribution in [0.2, 0.25) is 0 Å². The monoisotopic (exact) mass is 1680 g/mol. The zero-order chi connectivity index (χ0) is 48.0. The number of benzene rings is 1. The first-order valence-corrected chi connectivity index (χ1v) is 44.2. The Morgan fingerprint density at radius 3 is 1.67 bits per heavy atom. The molecule has 1 saturated heterocycles. The van der Waals surface area contributed by atoms with Gasteiger partial charge in [0.2, 0.25) is 0 Å². The third-order valence-electron chi connectivity index (χ3n) is 21.5. The second-order valence-electron chi connectivity index (χ2n) is 24.9. The predicted molar refractivity (Wildman–Crippen MR) is 329 cm³/mol. The minimum absolute atomic E-state index is 0. The number of ether oxygens (including phenoxy) is 2. The molecule has 0 amide bonds. The zero-order valence-corrected chi connectivity index (χ0v) is 53.1. The predicted octanol–water partition coefficient (Wildman–Crippen LogP) is 12.4. The van der Waals surface area contributed by atoms with Crippen LogP contribution in [0.3, 0.4) is 0 Å². The molecule has 9 nitrogen and oxygen atoms in total.